The number of H-pyrrole nitrogens is 1. The highest BCUT2D eigenvalue weighted by atomic mass is 16.3. The molecule has 0 bridgehead atoms. The van der Waals surface area contributed by atoms with E-state index in [1.54, 1.807) is 6.33 Å². The summed E-state index contributed by atoms with van der Waals surface area (Å²) in [7, 11) is 0. The molecule has 0 atom stereocenters. The Morgan fingerprint density at radius 3 is 2.82 bits per heavy atom. The molecular weight excluding hydrogens is 278 g/mol. The molecule has 0 aliphatic carbocycles. The van der Waals surface area contributed by atoms with Crippen LogP contribution < -0.4 is 9.80 Å². The number of anilines is 1. The predicted molar refractivity (Wildman–Crippen MR) is 86.3 cm³/mol. The normalized spacial score (nSPS) is 16.7. The van der Waals surface area contributed by atoms with Crippen LogP contribution in [0.2, 0.25) is 0 Å². The number of para-hydroxylation sites is 1. The van der Waals surface area contributed by atoms with E-state index in [4.69, 9.17) is 5.11 Å². The van der Waals surface area contributed by atoms with E-state index in [0.29, 0.717) is 0 Å². The summed E-state index contributed by atoms with van der Waals surface area (Å²) in [6.45, 7) is 5.07. The number of hydrogen-bond acceptors (Lipinski definition) is 4. The summed E-state index contributed by atoms with van der Waals surface area (Å²) in [6.07, 6.45) is 1.66. The molecule has 6 heteroatoms. The Morgan fingerprint density at radius 1 is 1.18 bits per heavy atom. The summed E-state index contributed by atoms with van der Waals surface area (Å²) in [5.41, 5.74) is 3.11. The highest BCUT2D eigenvalue weighted by molar-refractivity contribution is 6.08. The van der Waals surface area contributed by atoms with Gasteiger partial charge in [-0.2, -0.15) is 0 Å². The Hall–Kier alpha value is -2.18. The van der Waals surface area contributed by atoms with Crippen LogP contribution >= 0.6 is 0 Å². The molecule has 0 spiro atoms. The van der Waals surface area contributed by atoms with Gasteiger partial charge in [-0.1, -0.05) is 18.2 Å². The number of nitrogens with zero attached hydrogens (tertiary/aromatic N) is 3. The topological polar surface area (TPSA) is 69.5 Å². The van der Waals surface area contributed by atoms with Crippen LogP contribution in [0.5, 0.6) is 0 Å². The Labute approximate surface area is 128 Å². The number of aromatic amines is 1. The first-order valence-corrected chi connectivity index (χ1v) is 7.77. The van der Waals surface area contributed by atoms with Gasteiger partial charge in [0.1, 0.15) is 23.9 Å². The number of quaternary nitrogens is 1. The van der Waals surface area contributed by atoms with Crippen molar-refractivity contribution in [3.05, 3.63) is 30.6 Å². The van der Waals surface area contributed by atoms with Crippen LogP contribution in [0.3, 0.4) is 0 Å². The van der Waals surface area contributed by atoms with Gasteiger partial charge in [-0.15, -0.1) is 0 Å². The lowest BCUT2D eigenvalue weighted by atomic mass is 10.2. The van der Waals surface area contributed by atoms with Gasteiger partial charge in [0.05, 0.1) is 32.8 Å². The fourth-order valence-corrected chi connectivity index (χ4v) is 3.31. The molecule has 2 aromatic heterocycles. The second kappa shape index (κ2) is 5.55. The van der Waals surface area contributed by atoms with Crippen LogP contribution in [0.25, 0.3) is 21.9 Å². The lowest BCUT2D eigenvalue weighted by Gasteiger charge is -2.32. The highest BCUT2D eigenvalue weighted by Gasteiger charge is 2.23. The van der Waals surface area contributed by atoms with E-state index in [0.717, 1.165) is 60.5 Å². The minimum Gasteiger partial charge on any atom is -0.391 e. The van der Waals surface area contributed by atoms with Crippen molar-refractivity contribution in [1.82, 2.24) is 15.0 Å². The predicted octanol–water partition coefficient (Wildman–Crippen LogP) is -0.192. The van der Waals surface area contributed by atoms with Gasteiger partial charge >= 0.3 is 0 Å². The van der Waals surface area contributed by atoms with Crippen molar-refractivity contribution >= 4 is 27.8 Å². The van der Waals surface area contributed by atoms with Crippen LogP contribution in [0.4, 0.5) is 5.82 Å². The highest BCUT2D eigenvalue weighted by Crippen LogP contribution is 2.28. The number of aliphatic hydroxyl groups excluding tert-OH is 1. The third-order valence-corrected chi connectivity index (χ3v) is 4.50. The number of nitrogens with one attached hydrogen (secondary N) is 2. The fourth-order valence-electron chi connectivity index (χ4n) is 3.31. The molecule has 0 amide bonds. The summed E-state index contributed by atoms with van der Waals surface area (Å²) in [5, 5.41) is 10.2. The monoisotopic (exact) mass is 298 g/mol. The van der Waals surface area contributed by atoms with E-state index in [9.17, 15) is 0 Å². The standard InChI is InChI=1S/C16H19N5O/c22-10-9-20-5-7-21(8-6-20)16-15-14(17-11-18-16)12-3-1-2-4-13(12)19-15/h1-4,11,19,22H,5-10H2/p+1. The van der Waals surface area contributed by atoms with Gasteiger partial charge in [-0.05, 0) is 6.07 Å². The largest absolute Gasteiger partial charge is 0.391 e. The van der Waals surface area contributed by atoms with Crippen molar-refractivity contribution in [3.63, 3.8) is 0 Å². The van der Waals surface area contributed by atoms with Crippen LogP contribution in [-0.2, 0) is 0 Å². The average molecular weight is 298 g/mol. The summed E-state index contributed by atoms with van der Waals surface area (Å²) < 4.78 is 0. The zero-order valence-corrected chi connectivity index (χ0v) is 12.4. The van der Waals surface area contributed by atoms with Crippen molar-refractivity contribution in [2.24, 2.45) is 0 Å². The number of fused-ring (bicyclic) bond motifs is 3. The van der Waals surface area contributed by atoms with Crippen molar-refractivity contribution in [2.45, 2.75) is 0 Å². The molecule has 0 saturated carbocycles. The summed E-state index contributed by atoms with van der Waals surface area (Å²) in [5.74, 6) is 0.990. The van der Waals surface area contributed by atoms with E-state index in [2.05, 4.69) is 32.0 Å². The van der Waals surface area contributed by atoms with Crippen molar-refractivity contribution in [2.75, 3.05) is 44.2 Å². The maximum Gasteiger partial charge on any atom is 0.156 e. The maximum absolute atomic E-state index is 9.06. The van der Waals surface area contributed by atoms with E-state index in [1.807, 2.05) is 12.1 Å². The molecule has 3 aromatic rings. The van der Waals surface area contributed by atoms with Crippen LogP contribution in [0, 0.1) is 0 Å². The Kier molecular flexibility index (Phi) is 3.40. The molecule has 3 heterocycles. The minimum atomic E-state index is 0.259. The van der Waals surface area contributed by atoms with Crippen LogP contribution in [0.15, 0.2) is 30.6 Å². The number of aromatic nitrogens is 3. The molecule has 4 rings (SSSR count). The lowest BCUT2D eigenvalue weighted by molar-refractivity contribution is -0.900. The number of piperazine rings is 1. The Morgan fingerprint density at radius 2 is 2.00 bits per heavy atom. The smallest absolute Gasteiger partial charge is 0.156 e. The van der Waals surface area contributed by atoms with Crippen molar-refractivity contribution in [1.29, 1.82) is 0 Å². The third-order valence-electron chi connectivity index (χ3n) is 4.50. The molecule has 22 heavy (non-hydrogen) atoms. The van der Waals surface area contributed by atoms with Crippen LogP contribution in [-0.4, -0.2) is 59.4 Å². The Bertz CT molecular complexity index is 791. The molecule has 1 fully saturated rings. The molecule has 0 radical (unpaired) electrons. The molecule has 114 valence electrons. The van der Waals surface area contributed by atoms with Gasteiger partial charge in [0.15, 0.2) is 5.82 Å². The maximum atomic E-state index is 9.06. The zero-order valence-electron chi connectivity index (χ0n) is 12.4. The number of rotatable bonds is 3. The summed E-state index contributed by atoms with van der Waals surface area (Å²) in [6, 6.07) is 8.23. The van der Waals surface area contributed by atoms with Gasteiger partial charge in [-0.3, -0.25) is 0 Å². The van der Waals surface area contributed by atoms with Gasteiger partial charge in [0.25, 0.3) is 0 Å². The van der Waals surface area contributed by atoms with Gasteiger partial charge < -0.3 is 19.9 Å². The summed E-state index contributed by atoms with van der Waals surface area (Å²) >= 11 is 0. The first kappa shape index (κ1) is 13.5. The molecule has 3 N–H and O–H groups in total. The van der Waals surface area contributed by atoms with Crippen molar-refractivity contribution < 1.29 is 10.0 Å². The number of hydrogen-bond donors (Lipinski definition) is 3. The third kappa shape index (κ3) is 2.20. The molecule has 6 nitrogen and oxygen atoms in total. The van der Waals surface area contributed by atoms with E-state index < -0.39 is 0 Å². The van der Waals surface area contributed by atoms with Gasteiger partial charge in [-0.25, -0.2) is 9.97 Å². The van der Waals surface area contributed by atoms with Gasteiger partial charge in [0, 0.05) is 10.9 Å². The Balaban J connectivity index is 1.70. The minimum absolute atomic E-state index is 0.259. The molecule has 1 aromatic carbocycles. The molecule has 1 aliphatic heterocycles. The molecule has 0 unspecified atom stereocenters. The van der Waals surface area contributed by atoms with E-state index in [-0.39, 0.29) is 6.61 Å². The fraction of sp³-hybridized carbons (Fsp3) is 0.375. The molecule has 1 saturated heterocycles. The first-order chi connectivity index (χ1) is 10.9. The second-order valence-electron chi connectivity index (χ2n) is 5.80. The summed E-state index contributed by atoms with van der Waals surface area (Å²) in [4.78, 5) is 16.2. The number of benzene rings is 1. The second-order valence-corrected chi connectivity index (χ2v) is 5.80. The van der Waals surface area contributed by atoms with E-state index >= 15 is 0 Å². The van der Waals surface area contributed by atoms with Gasteiger partial charge in [0.2, 0.25) is 0 Å². The SMILES string of the molecule is OCC[NH+]1CCN(c2ncnc3c2[nH]c2ccccc23)CC1. The first-order valence-electron chi connectivity index (χ1n) is 7.77. The van der Waals surface area contributed by atoms with Crippen LogP contribution in [0.1, 0.15) is 0 Å². The van der Waals surface area contributed by atoms with E-state index in [1.165, 1.54) is 4.90 Å². The quantitative estimate of drug-likeness (QED) is 0.627. The van der Waals surface area contributed by atoms with Crippen molar-refractivity contribution in [3.8, 4) is 0 Å². The molecule has 1 aliphatic rings. The average Bonchev–Trinajstić information content (AvgIpc) is 2.95. The lowest BCUT2D eigenvalue weighted by Crippen LogP contribution is -3.15. The molecular formula is C16H20N5O+. The number of aliphatic hydroxyl groups is 1. The zero-order chi connectivity index (χ0) is 14.9.